The van der Waals surface area contributed by atoms with Crippen molar-refractivity contribution < 1.29 is 23.4 Å². The number of nitrogens with zero attached hydrogens (tertiary/aromatic N) is 1. The van der Waals surface area contributed by atoms with Gasteiger partial charge < -0.3 is 15.2 Å². The number of carbonyl (C=O) groups is 1. The number of ether oxygens (including phenoxy) is 1. The zero-order valence-electron chi connectivity index (χ0n) is 9.34. The van der Waals surface area contributed by atoms with Gasteiger partial charge in [-0.25, -0.2) is 9.78 Å². The van der Waals surface area contributed by atoms with Crippen LogP contribution in [-0.2, 0) is 0 Å². The zero-order chi connectivity index (χ0) is 13.8. The fraction of sp³-hybridized carbons (Fsp3) is 0.0909. The van der Waals surface area contributed by atoms with Gasteiger partial charge in [-0.05, 0) is 24.3 Å². The number of anilines is 2. The summed E-state index contributed by atoms with van der Waals surface area (Å²) in [6.07, 6.45) is 1.24. The quantitative estimate of drug-likeness (QED) is 0.883. The van der Waals surface area contributed by atoms with Gasteiger partial charge in [0.25, 0.3) is 0 Å². The summed E-state index contributed by atoms with van der Waals surface area (Å²) in [6, 6.07) is 5.81. The summed E-state index contributed by atoms with van der Waals surface area (Å²) in [5.74, 6) is -1.00. The Morgan fingerprint density at radius 1 is 1.37 bits per heavy atom. The van der Waals surface area contributed by atoms with Crippen molar-refractivity contribution in [2.75, 3.05) is 5.32 Å². The minimum atomic E-state index is -2.86. The van der Waals surface area contributed by atoms with Crippen LogP contribution in [0.5, 0.6) is 5.75 Å². The molecule has 100 valence electrons. The highest BCUT2D eigenvalue weighted by molar-refractivity contribution is 7.17. The highest BCUT2D eigenvalue weighted by Gasteiger charge is 2.09. The topological polar surface area (TPSA) is 71.5 Å². The standard InChI is InChI=1S/C11H8F2N2O3S/c12-10(13)18-7-3-1-6(2-4-7)15-11-14-5-8(19-11)9(16)17/h1-5,10H,(H,14,15)(H,16,17). The Balaban J connectivity index is 2.04. The van der Waals surface area contributed by atoms with Crippen molar-refractivity contribution in [3.63, 3.8) is 0 Å². The van der Waals surface area contributed by atoms with Gasteiger partial charge in [0.1, 0.15) is 10.6 Å². The number of nitrogens with one attached hydrogen (secondary N) is 1. The molecule has 1 heterocycles. The van der Waals surface area contributed by atoms with Gasteiger partial charge in [0.05, 0.1) is 6.20 Å². The number of benzene rings is 1. The second-order valence-corrected chi connectivity index (χ2v) is 4.39. The second-order valence-electron chi connectivity index (χ2n) is 3.36. The van der Waals surface area contributed by atoms with Crippen LogP contribution in [0.2, 0.25) is 0 Å². The first-order chi connectivity index (χ1) is 9.04. The summed E-state index contributed by atoms with van der Waals surface area (Å²) >= 11 is 0.978. The number of halogens is 2. The molecule has 0 radical (unpaired) electrons. The number of carboxylic acids is 1. The Bertz CT molecular complexity index is 572. The lowest BCUT2D eigenvalue weighted by molar-refractivity contribution is -0.0498. The fourth-order valence-corrected chi connectivity index (χ4v) is 1.95. The lowest BCUT2D eigenvalue weighted by atomic mass is 10.3. The third-order valence-electron chi connectivity index (χ3n) is 2.05. The van der Waals surface area contributed by atoms with Gasteiger partial charge in [0.2, 0.25) is 0 Å². The number of hydrogen-bond donors (Lipinski definition) is 2. The Labute approximate surface area is 110 Å². The predicted molar refractivity (Wildman–Crippen MR) is 65.4 cm³/mol. The minimum Gasteiger partial charge on any atom is -0.477 e. The Morgan fingerprint density at radius 3 is 2.58 bits per heavy atom. The lowest BCUT2D eigenvalue weighted by Crippen LogP contribution is -2.01. The van der Waals surface area contributed by atoms with Crippen LogP contribution >= 0.6 is 11.3 Å². The van der Waals surface area contributed by atoms with Gasteiger partial charge in [-0.1, -0.05) is 11.3 Å². The smallest absolute Gasteiger partial charge is 0.387 e. The summed E-state index contributed by atoms with van der Waals surface area (Å²) in [4.78, 5) is 14.7. The van der Waals surface area contributed by atoms with Gasteiger partial charge in [0, 0.05) is 5.69 Å². The maximum atomic E-state index is 11.9. The fourth-order valence-electron chi connectivity index (χ4n) is 1.27. The van der Waals surface area contributed by atoms with Gasteiger partial charge in [-0.3, -0.25) is 0 Å². The van der Waals surface area contributed by atoms with E-state index in [1.165, 1.54) is 30.5 Å². The summed E-state index contributed by atoms with van der Waals surface area (Å²) in [5.41, 5.74) is 0.591. The molecule has 1 aromatic carbocycles. The highest BCUT2D eigenvalue weighted by atomic mass is 32.1. The van der Waals surface area contributed by atoms with E-state index in [-0.39, 0.29) is 10.6 Å². The second kappa shape index (κ2) is 5.61. The van der Waals surface area contributed by atoms with Crippen molar-refractivity contribution in [1.82, 2.24) is 4.98 Å². The maximum absolute atomic E-state index is 11.9. The summed E-state index contributed by atoms with van der Waals surface area (Å²) in [6.45, 7) is -2.86. The molecule has 0 unspecified atom stereocenters. The van der Waals surface area contributed by atoms with Crippen molar-refractivity contribution in [2.45, 2.75) is 6.61 Å². The lowest BCUT2D eigenvalue weighted by Gasteiger charge is -2.06. The number of carboxylic acid groups (broad SMARTS) is 1. The summed E-state index contributed by atoms with van der Waals surface area (Å²) < 4.78 is 28.1. The third kappa shape index (κ3) is 3.62. The van der Waals surface area contributed by atoms with E-state index in [2.05, 4.69) is 15.0 Å². The molecule has 0 bridgehead atoms. The molecule has 2 aromatic rings. The van der Waals surface area contributed by atoms with Crippen LogP contribution in [0.3, 0.4) is 0 Å². The van der Waals surface area contributed by atoms with Crippen LogP contribution < -0.4 is 10.1 Å². The summed E-state index contributed by atoms with van der Waals surface area (Å²) in [7, 11) is 0. The average Bonchev–Trinajstić information content (AvgIpc) is 2.80. The van der Waals surface area contributed by atoms with E-state index in [1.54, 1.807) is 0 Å². The molecule has 0 spiro atoms. The number of thiazole rings is 1. The first kappa shape index (κ1) is 13.2. The molecular weight excluding hydrogens is 278 g/mol. The van der Waals surface area contributed by atoms with Crippen molar-refractivity contribution in [1.29, 1.82) is 0 Å². The number of aromatic nitrogens is 1. The van der Waals surface area contributed by atoms with E-state index < -0.39 is 12.6 Å². The van der Waals surface area contributed by atoms with Crippen molar-refractivity contribution in [2.24, 2.45) is 0 Å². The van der Waals surface area contributed by atoms with Crippen LogP contribution in [0.4, 0.5) is 19.6 Å². The third-order valence-corrected chi connectivity index (χ3v) is 2.95. The minimum absolute atomic E-state index is 0.0471. The van der Waals surface area contributed by atoms with Crippen LogP contribution in [0.1, 0.15) is 9.67 Å². The molecule has 0 aliphatic rings. The molecule has 5 nitrogen and oxygen atoms in total. The zero-order valence-corrected chi connectivity index (χ0v) is 10.2. The molecule has 0 aliphatic heterocycles. The van der Waals surface area contributed by atoms with Gasteiger partial charge in [-0.2, -0.15) is 8.78 Å². The molecule has 0 amide bonds. The van der Waals surface area contributed by atoms with Gasteiger partial charge in [0.15, 0.2) is 5.13 Å². The molecule has 1 aromatic heterocycles. The van der Waals surface area contributed by atoms with E-state index in [4.69, 9.17) is 5.11 Å². The van der Waals surface area contributed by atoms with Crippen LogP contribution in [-0.4, -0.2) is 22.7 Å². The van der Waals surface area contributed by atoms with Crippen LogP contribution in [0.25, 0.3) is 0 Å². The predicted octanol–water partition coefficient (Wildman–Crippen LogP) is 3.19. The molecule has 0 saturated heterocycles. The molecule has 2 rings (SSSR count). The van der Waals surface area contributed by atoms with E-state index in [1.807, 2.05) is 0 Å². The van der Waals surface area contributed by atoms with E-state index in [0.717, 1.165) is 11.3 Å². The molecule has 0 aliphatic carbocycles. The Hall–Kier alpha value is -2.22. The molecule has 19 heavy (non-hydrogen) atoms. The Kier molecular flexibility index (Phi) is 3.91. The van der Waals surface area contributed by atoms with Crippen molar-refractivity contribution >= 4 is 28.1 Å². The van der Waals surface area contributed by atoms with Crippen LogP contribution in [0.15, 0.2) is 30.5 Å². The van der Waals surface area contributed by atoms with Crippen LogP contribution in [0, 0.1) is 0 Å². The number of hydrogen-bond acceptors (Lipinski definition) is 5. The van der Waals surface area contributed by atoms with E-state index >= 15 is 0 Å². The SMILES string of the molecule is O=C(O)c1cnc(Nc2ccc(OC(F)F)cc2)s1. The Morgan fingerprint density at radius 2 is 2.05 bits per heavy atom. The molecule has 0 saturated carbocycles. The monoisotopic (exact) mass is 286 g/mol. The average molecular weight is 286 g/mol. The summed E-state index contributed by atoms with van der Waals surface area (Å²) in [5, 5.41) is 12.0. The largest absolute Gasteiger partial charge is 0.477 e. The van der Waals surface area contributed by atoms with E-state index in [9.17, 15) is 13.6 Å². The highest BCUT2D eigenvalue weighted by Crippen LogP contribution is 2.24. The first-order valence-corrected chi connectivity index (χ1v) is 5.87. The molecule has 0 atom stereocenters. The normalized spacial score (nSPS) is 10.5. The number of rotatable bonds is 5. The number of aromatic carboxylic acids is 1. The number of alkyl halides is 2. The first-order valence-electron chi connectivity index (χ1n) is 5.05. The van der Waals surface area contributed by atoms with E-state index in [0.29, 0.717) is 10.8 Å². The molecule has 0 fully saturated rings. The molecular formula is C11H8F2N2O3S. The van der Waals surface area contributed by atoms with Crippen molar-refractivity contribution in [3.05, 3.63) is 35.3 Å². The molecule has 8 heteroatoms. The maximum Gasteiger partial charge on any atom is 0.387 e. The molecule has 2 N–H and O–H groups in total. The van der Waals surface area contributed by atoms with Gasteiger partial charge in [-0.15, -0.1) is 0 Å². The van der Waals surface area contributed by atoms with Crippen molar-refractivity contribution in [3.8, 4) is 5.75 Å². The van der Waals surface area contributed by atoms with Gasteiger partial charge >= 0.3 is 12.6 Å².